The number of carbonyl (C=O) groups excluding carboxylic acids is 1. The zero-order chi connectivity index (χ0) is 28.0. The summed E-state index contributed by atoms with van der Waals surface area (Å²) in [5.74, 6) is 0. The molecule has 0 aromatic rings. The van der Waals surface area contributed by atoms with E-state index in [2.05, 4.69) is 10.6 Å². The predicted molar refractivity (Wildman–Crippen MR) is 147 cm³/mol. The number of rotatable bonds is 11. The van der Waals surface area contributed by atoms with Gasteiger partial charge in [-0.25, -0.2) is 4.79 Å². The molecule has 0 aromatic heterocycles. The number of carbonyl (C=O) groups is 1. The standard InChI is InChI=1S/C26H52N2O10Si/c1-4-36-39(37-5-2,38-6-3)21-7-10-27-26(29)28-23-8-9-24-25(22-23)35-20-18-33-16-14-31-12-11-30-13-15-32-17-19-34-24/h23-25H,4-22H2,1-3H3,(H2,27,28,29). The average Bonchev–Trinajstić information content (AvgIpc) is 2.92. The van der Waals surface area contributed by atoms with Crippen LogP contribution in [-0.2, 0) is 41.7 Å². The third kappa shape index (κ3) is 15.1. The van der Waals surface area contributed by atoms with Gasteiger partial charge in [-0.15, -0.1) is 0 Å². The maximum absolute atomic E-state index is 12.6. The molecule has 3 atom stereocenters. The molecule has 2 fully saturated rings. The molecule has 0 bridgehead atoms. The zero-order valence-corrected chi connectivity index (χ0v) is 25.2. The smallest absolute Gasteiger partial charge is 0.377 e. The molecule has 1 saturated heterocycles. The van der Waals surface area contributed by atoms with Gasteiger partial charge in [0.15, 0.2) is 0 Å². The van der Waals surface area contributed by atoms with Gasteiger partial charge in [-0.2, -0.15) is 0 Å². The van der Waals surface area contributed by atoms with Gasteiger partial charge in [0.2, 0.25) is 0 Å². The lowest BCUT2D eigenvalue weighted by molar-refractivity contribution is -0.116. The van der Waals surface area contributed by atoms with Crippen LogP contribution in [0.3, 0.4) is 0 Å². The van der Waals surface area contributed by atoms with E-state index in [4.69, 9.17) is 41.7 Å². The molecule has 230 valence electrons. The first-order valence-electron chi connectivity index (χ1n) is 14.6. The van der Waals surface area contributed by atoms with Gasteiger partial charge in [-0.05, 0) is 46.5 Å². The number of amides is 2. The first-order valence-corrected chi connectivity index (χ1v) is 16.6. The molecular weight excluding hydrogens is 528 g/mol. The van der Waals surface area contributed by atoms with Crippen LogP contribution in [0.15, 0.2) is 0 Å². The Morgan fingerprint density at radius 1 is 0.718 bits per heavy atom. The Balaban J connectivity index is 1.76. The first-order chi connectivity index (χ1) is 19.1. The SMILES string of the molecule is CCO[Si](CCCNC(=O)NC1CCC2OCCOCCOCCOCCOCCOC2C1)(OCC)OCC. The van der Waals surface area contributed by atoms with Crippen molar-refractivity contribution in [3.63, 3.8) is 0 Å². The lowest BCUT2D eigenvalue weighted by Crippen LogP contribution is -2.50. The summed E-state index contributed by atoms with van der Waals surface area (Å²) in [6, 6.07) is 0.473. The Labute approximate surface area is 235 Å². The molecule has 1 aliphatic carbocycles. The second-order valence-corrected chi connectivity index (χ2v) is 12.0. The van der Waals surface area contributed by atoms with E-state index in [9.17, 15) is 4.79 Å². The summed E-state index contributed by atoms with van der Waals surface area (Å²) < 4.78 is 52.1. The van der Waals surface area contributed by atoms with Crippen LogP contribution in [0.4, 0.5) is 4.79 Å². The van der Waals surface area contributed by atoms with Gasteiger partial charge >= 0.3 is 14.8 Å². The molecule has 2 rings (SSSR count). The van der Waals surface area contributed by atoms with Crippen molar-refractivity contribution in [3.8, 4) is 0 Å². The zero-order valence-electron chi connectivity index (χ0n) is 24.2. The van der Waals surface area contributed by atoms with Crippen molar-refractivity contribution in [2.24, 2.45) is 0 Å². The van der Waals surface area contributed by atoms with E-state index in [1.54, 1.807) is 0 Å². The normalized spacial score (nSPS) is 25.2. The topological polar surface area (TPSA) is 124 Å². The van der Waals surface area contributed by atoms with Crippen molar-refractivity contribution in [1.82, 2.24) is 10.6 Å². The molecule has 0 spiro atoms. The van der Waals surface area contributed by atoms with Gasteiger partial charge in [0.05, 0.1) is 78.3 Å². The van der Waals surface area contributed by atoms with Gasteiger partial charge in [-0.1, -0.05) is 0 Å². The van der Waals surface area contributed by atoms with Crippen LogP contribution in [0.5, 0.6) is 0 Å². The molecule has 2 amide bonds. The van der Waals surface area contributed by atoms with E-state index < -0.39 is 8.80 Å². The number of ether oxygens (including phenoxy) is 6. The van der Waals surface area contributed by atoms with E-state index in [-0.39, 0.29) is 24.3 Å². The van der Waals surface area contributed by atoms with Crippen LogP contribution < -0.4 is 10.6 Å². The second kappa shape index (κ2) is 21.8. The van der Waals surface area contributed by atoms with Crippen molar-refractivity contribution >= 4 is 14.8 Å². The Morgan fingerprint density at radius 2 is 1.21 bits per heavy atom. The van der Waals surface area contributed by atoms with Crippen LogP contribution in [0.2, 0.25) is 6.04 Å². The second-order valence-electron chi connectivity index (χ2n) is 9.26. The van der Waals surface area contributed by atoms with E-state index in [1.807, 2.05) is 20.8 Å². The summed E-state index contributed by atoms with van der Waals surface area (Å²) in [7, 11) is -2.70. The number of urea groups is 1. The van der Waals surface area contributed by atoms with Gasteiger partial charge in [-0.3, -0.25) is 0 Å². The molecule has 0 aromatic carbocycles. The Bertz CT molecular complexity index is 604. The summed E-state index contributed by atoms with van der Waals surface area (Å²) in [4.78, 5) is 12.6. The fraction of sp³-hybridized carbons (Fsp3) is 0.962. The number of hydrogen-bond donors (Lipinski definition) is 2. The highest BCUT2D eigenvalue weighted by Crippen LogP contribution is 2.25. The van der Waals surface area contributed by atoms with Crippen LogP contribution >= 0.6 is 0 Å². The molecule has 1 heterocycles. The number of hydrogen-bond acceptors (Lipinski definition) is 10. The molecule has 2 aliphatic rings. The van der Waals surface area contributed by atoms with Gasteiger partial charge in [0.25, 0.3) is 0 Å². The van der Waals surface area contributed by atoms with E-state index in [0.717, 1.165) is 12.8 Å². The predicted octanol–water partition coefficient (Wildman–Crippen LogP) is 2.13. The summed E-state index contributed by atoms with van der Waals surface area (Å²) in [6.07, 6.45) is 2.80. The lowest BCUT2D eigenvalue weighted by Gasteiger charge is -2.36. The Hall–Kier alpha value is -0.873. The minimum Gasteiger partial charge on any atom is -0.377 e. The molecule has 13 heteroatoms. The molecule has 1 saturated carbocycles. The van der Waals surface area contributed by atoms with Crippen molar-refractivity contribution < 1.29 is 46.5 Å². The first kappa shape index (κ1) is 34.3. The van der Waals surface area contributed by atoms with Crippen molar-refractivity contribution in [2.75, 3.05) is 92.4 Å². The Morgan fingerprint density at radius 3 is 1.72 bits per heavy atom. The molecule has 1 aliphatic heterocycles. The number of nitrogens with one attached hydrogen (secondary N) is 2. The quantitative estimate of drug-likeness (QED) is 0.277. The third-order valence-electron chi connectivity index (χ3n) is 6.34. The Kier molecular flexibility index (Phi) is 19.2. The highest BCUT2D eigenvalue weighted by atomic mass is 28.4. The highest BCUT2D eigenvalue weighted by molar-refractivity contribution is 6.60. The maximum Gasteiger partial charge on any atom is 0.500 e. The van der Waals surface area contributed by atoms with E-state index in [0.29, 0.717) is 111 Å². The lowest BCUT2D eigenvalue weighted by atomic mass is 9.90. The molecule has 39 heavy (non-hydrogen) atoms. The van der Waals surface area contributed by atoms with Gasteiger partial charge in [0.1, 0.15) is 0 Å². The van der Waals surface area contributed by atoms with Crippen LogP contribution in [0.1, 0.15) is 46.5 Å². The molecule has 2 N–H and O–H groups in total. The molecule has 12 nitrogen and oxygen atoms in total. The van der Waals surface area contributed by atoms with Crippen LogP contribution in [-0.4, -0.2) is 126 Å². The average molecular weight is 581 g/mol. The molecular formula is C26H52N2O10Si. The fourth-order valence-corrected chi connectivity index (χ4v) is 7.23. The highest BCUT2D eigenvalue weighted by Gasteiger charge is 2.39. The summed E-state index contributed by atoms with van der Waals surface area (Å²) in [5.41, 5.74) is 0. The van der Waals surface area contributed by atoms with Crippen LogP contribution in [0, 0.1) is 0 Å². The van der Waals surface area contributed by atoms with E-state index in [1.165, 1.54) is 0 Å². The minimum absolute atomic E-state index is 0.000773. The van der Waals surface area contributed by atoms with Crippen molar-refractivity contribution in [3.05, 3.63) is 0 Å². The monoisotopic (exact) mass is 580 g/mol. The number of fused-ring (bicyclic) bond motifs is 1. The van der Waals surface area contributed by atoms with Crippen molar-refractivity contribution in [2.45, 2.75) is 70.7 Å². The van der Waals surface area contributed by atoms with Gasteiger partial charge in [0, 0.05) is 38.5 Å². The van der Waals surface area contributed by atoms with Crippen molar-refractivity contribution in [1.29, 1.82) is 0 Å². The maximum atomic E-state index is 12.6. The largest absolute Gasteiger partial charge is 0.500 e. The summed E-state index contributed by atoms with van der Waals surface area (Å²) >= 11 is 0. The summed E-state index contributed by atoms with van der Waals surface area (Å²) in [5, 5.41) is 6.07. The van der Waals surface area contributed by atoms with Gasteiger partial charge < -0.3 is 52.3 Å². The van der Waals surface area contributed by atoms with E-state index >= 15 is 0 Å². The molecule has 3 unspecified atom stereocenters. The summed E-state index contributed by atoms with van der Waals surface area (Å²) in [6.45, 7) is 13.0. The minimum atomic E-state index is -2.70. The van der Waals surface area contributed by atoms with Crippen LogP contribution in [0.25, 0.3) is 0 Å². The fourth-order valence-electron chi connectivity index (χ4n) is 4.62. The third-order valence-corrected chi connectivity index (χ3v) is 9.49. The molecule has 0 radical (unpaired) electrons.